The van der Waals surface area contributed by atoms with Gasteiger partial charge in [0.05, 0.1) is 0 Å². The molecular formula is C17H20N2O. The van der Waals surface area contributed by atoms with Gasteiger partial charge < -0.3 is 5.73 Å². The van der Waals surface area contributed by atoms with Gasteiger partial charge in [0.1, 0.15) is 0 Å². The molecule has 0 heterocycles. The Kier molecular flexibility index (Phi) is 4.41. The Bertz CT molecular complexity index is 568. The predicted molar refractivity (Wildman–Crippen MR) is 84.3 cm³/mol. The van der Waals surface area contributed by atoms with E-state index in [0.717, 1.165) is 47.4 Å². The van der Waals surface area contributed by atoms with Crippen molar-refractivity contribution in [3.63, 3.8) is 0 Å². The number of benzene rings is 2. The number of para-hydroxylation sites is 1. The molecule has 0 aliphatic heterocycles. The molecule has 2 aromatic rings. The summed E-state index contributed by atoms with van der Waals surface area (Å²) in [6.45, 7) is 4.14. The Morgan fingerprint density at radius 2 is 1.55 bits per heavy atom. The average molecular weight is 268 g/mol. The van der Waals surface area contributed by atoms with Gasteiger partial charge in [-0.1, -0.05) is 32.0 Å². The highest BCUT2D eigenvalue weighted by Gasteiger charge is 2.12. The van der Waals surface area contributed by atoms with Crippen LogP contribution in [0.3, 0.4) is 0 Å². The zero-order valence-electron chi connectivity index (χ0n) is 12.0. The van der Waals surface area contributed by atoms with Crippen molar-refractivity contribution >= 4 is 23.5 Å². The van der Waals surface area contributed by atoms with E-state index in [-0.39, 0.29) is 0 Å². The molecule has 3 nitrogen and oxygen atoms in total. The number of carbonyl (C=O) groups excluding carboxylic acids is 1. The fraction of sp³-hybridized carbons (Fsp3) is 0.235. The Hall–Kier alpha value is -2.29. The fourth-order valence-electron chi connectivity index (χ4n) is 2.34. The lowest BCUT2D eigenvalue weighted by Gasteiger charge is -2.21. The number of hydrogen-bond acceptors (Lipinski definition) is 2. The highest BCUT2D eigenvalue weighted by molar-refractivity contribution is 5.87. The number of anilines is 3. The van der Waals surface area contributed by atoms with E-state index in [1.807, 2.05) is 42.5 Å². The standard InChI is InChI=1S/C17H20N2O/c1-3-13-10-16(11-14(4-2)17(13)18)19(12-20)15-8-6-5-7-9-15/h5-12H,3-4,18H2,1-2H3. The largest absolute Gasteiger partial charge is 0.398 e. The van der Waals surface area contributed by atoms with Crippen molar-refractivity contribution in [1.82, 2.24) is 0 Å². The van der Waals surface area contributed by atoms with Crippen LogP contribution in [-0.4, -0.2) is 6.41 Å². The van der Waals surface area contributed by atoms with Gasteiger partial charge in [0, 0.05) is 17.1 Å². The third-order valence-corrected chi connectivity index (χ3v) is 3.52. The van der Waals surface area contributed by atoms with Crippen LogP contribution in [0.25, 0.3) is 0 Å². The molecule has 20 heavy (non-hydrogen) atoms. The minimum Gasteiger partial charge on any atom is -0.398 e. The molecule has 2 N–H and O–H groups in total. The van der Waals surface area contributed by atoms with Crippen LogP contribution in [-0.2, 0) is 17.6 Å². The number of nitrogens with zero attached hydrogens (tertiary/aromatic N) is 1. The molecule has 0 saturated carbocycles. The summed E-state index contributed by atoms with van der Waals surface area (Å²) in [5, 5.41) is 0. The van der Waals surface area contributed by atoms with E-state index in [0.29, 0.717) is 0 Å². The van der Waals surface area contributed by atoms with Crippen LogP contribution < -0.4 is 10.6 Å². The molecule has 0 radical (unpaired) electrons. The number of amides is 1. The summed E-state index contributed by atoms with van der Waals surface area (Å²) in [4.78, 5) is 13.1. The van der Waals surface area contributed by atoms with E-state index >= 15 is 0 Å². The molecular weight excluding hydrogens is 248 g/mol. The summed E-state index contributed by atoms with van der Waals surface area (Å²) >= 11 is 0. The highest BCUT2D eigenvalue weighted by atomic mass is 16.1. The second-order valence-electron chi connectivity index (χ2n) is 4.70. The first-order valence-corrected chi connectivity index (χ1v) is 6.92. The first kappa shape index (κ1) is 14.1. The van der Waals surface area contributed by atoms with Crippen molar-refractivity contribution in [3.8, 4) is 0 Å². The topological polar surface area (TPSA) is 46.3 Å². The maximum atomic E-state index is 11.5. The van der Waals surface area contributed by atoms with Crippen LogP contribution in [0.15, 0.2) is 42.5 Å². The van der Waals surface area contributed by atoms with Crippen molar-refractivity contribution in [2.24, 2.45) is 0 Å². The van der Waals surface area contributed by atoms with Crippen molar-refractivity contribution in [2.75, 3.05) is 10.6 Å². The molecule has 0 saturated heterocycles. The second-order valence-corrected chi connectivity index (χ2v) is 4.70. The third kappa shape index (κ3) is 2.67. The van der Waals surface area contributed by atoms with Crippen LogP contribution >= 0.6 is 0 Å². The van der Waals surface area contributed by atoms with E-state index in [4.69, 9.17) is 5.73 Å². The Balaban J connectivity index is 2.53. The predicted octanol–water partition coefficient (Wildman–Crippen LogP) is 3.69. The van der Waals surface area contributed by atoms with Gasteiger partial charge in [-0.05, 0) is 48.2 Å². The highest BCUT2D eigenvalue weighted by Crippen LogP contribution is 2.30. The lowest BCUT2D eigenvalue weighted by molar-refractivity contribution is -0.106. The summed E-state index contributed by atoms with van der Waals surface area (Å²) in [6, 6.07) is 13.6. The number of carbonyl (C=O) groups is 1. The summed E-state index contributed by atoms with van der Waals surface area (Å²) in [5.41, 5.74) is 10.9. The van der Waals surface area contributed by atoms with Gasteiger partial charge in [-0.15, -0.1) is 0 Å². The molecule has 0 aliphatic carbocycles. The van der Waals surface area contributed by atoms with E-state index in [1.165, 1.54) is 0 Å². The van der Waals surface area contributed by atoms with Crippen LogP contribution in [0.2, 0.25) is 0 Å². The average Bonchev–Trinajstić information content (AvgIpc) is 2.50. The zero-order chi connectivity index (χ0) is 14.5. The van der Waals surface area contributed by atoms with Crippen molar-refractivity contribution in [1.29, 1.82) is 0 Å². The first-order chi connectivity index (χ1) is 9.71. The molecule has 0 atom stereocenters. The Morgan fingerprint density at radius 1 is 1.00 bits per heavy atom. The summed E-state index contributed by atoms with van der Waals surface area (Å²) in [5.74, 6) is 0. The lowest BCUT2D eigenvalue weighted by Crippen LogP contribution is -2.15. The number of aryl methyl sites for hydroxylation is 2. The molecule has 0 fully saturated rings. The van der Waals surface area contributed by atoms with E-state index < -0.39 is 0 Å². The molecule has 0 spiro atoms. The molecule has 104 valence electrons. The van der Waals surface area contributed by atoms with Gasteiger partial charge in [0.2, 0.25) is 6.41 Å². The van der Waals surface area contributed by atoms with E-state index in [2.05, 4.69) is 13.8 Å². The van der Waals surface area contributed by atoms with Gasteiger partial charge in [-0.25, -0.2) is 0 Å². The van der Waals surface area contributed by atoms with Crippen molar-refractivity contribution in [2.45, 2.75) is 26.7 Å². The molecule has 0 unspecified atom stereocenters. The SMILES string of the molecule is CCc1cc(N(C=O)c2ccccc2)cc(CC)c1N. The molecule has 0 aliphatic rings. The summed E-state index contributed by atoms with van der Waals surface area (Å²) in [7, 11) is 0. The number of nitrogen functional groups attached to an aromatic ring is 1. The summed E-state index contributed by atoms with van der Waals surface area (Å²) < 4.78 is 0. The number of nitrogens with two attached hydrogens (primary N) is 1. The van der Waals surface area contributed by atoms with Gasteiger partial charge >= 0.3 is 0 Å². The van der Waals surface area contributed by atoms with Gasteiger partial charge in [-0.3, -0.25) is 9.69 Å². The summed E-state index contributed by atoms with van der Waals surface area (Å²) in [6.07, 6.45) is 2.56. The van der Waals surface area contributed by atoms with Crippen LogP contribution in [0.4, 0.5) is 17.1 Å². The number of rotatable bonds is 5. The van der Waals surface area contributed by atoms with Crippen molar-refractivity contribution < 1.29 is 4.79 Å². The first-order valence-electron chi connectivity index (χ1n) is 6.92. The second kappa shape index (κ2) is 6.24. The van der Waals surface area contributed by atoms with Crippen LogP contribution in [0.5, 0.6) is 0 Å². The maximum absolute atomic E-state index is 11.5. The molecule has 0 bridgehead atoms. The minimum absolute atomic E-state index is 0.845. The quantitative estimate of drug-likeness (QED) is 0.664. The van der Waals surface area contributed by atoms with E-state index in [9.17, 15) is 4.79 Å². The Morgan fingerprint density at radius 3 is 2.00 bits per heavy atom. The van der Waals surface area contributed by atoms with Crippen LogP contribution in [0.1, 0.15) is 25.0 Å². The van der Waals surface area contributed by atoms with Gasteiger partial charge in [0.25, 0.3) is 0 Å². The normalized spacial score (nSPS) is 10.3. The molecule has 2 aromatic carbocycles. The monoisotopic (exact) mass is 268 g/mol. The Labute approximate surface area is 120 Å². The maximum Gasteiger partial charge on any atom is 0.218 e. The number of hydrogen-bond donors (Lipinski definition) is 1. The van der Waals surface area contributed by atoms with Gasteiger partial charge in [0.15, 0.2) is 0 Å². The molecule has 1 amide bonds. The van der Waals surface area contributed by atoms with Crippen LogP contribution in [0, 0.1) is 0 Å². The fourth-order valence-corrected chi connectivity index (χ4v) is 2.34. The molecule has 0 aromatic heterocycles. The zero-order valence-corrected chi connectivity index (χ0v) is 12.0. The minimum atomic E-state index is 0.845. The third-order valence-electron chi connectivity index (χ3n) is 3.52. The van der Waals surface area contributed by atoms with Crippen molar-refractivity contribution in [3.05, 3.63) is 53.6 Å². The smallest absolute Gasteiger partial charge is 0.218 e. The van der Waals surface area contributed by atoms with E-state index in [1.54, 1.807) is 4.90 Å². The lowest BCUT2D eigenvalue weighted by atomic mass is 10.0. The molecule has 2 rings (SSSR count). The molecule has 3 heteroatoms. The van der Waals surface area contributed by atoms with Gasteiger partial charge in [-0.2, -0.15) is 0 Å².